The van der Waals surface area contributed by atoms with Gasteiger partial charge in [-0.3, -0.25) is 4.98 Å². The van der Waals surface area contributed by atoms with Gasteiger partial charge in [-0.25, -0.2) is 4.39 Å². The Labute approximate surface area is 124 Å². The number of fused-ring (bicyclic) bond motifs is 1. The Balaban J connectivity index is 2.33. The topological polar surface area (TPSA) is 12.9 Å². The molecule has 0 fully saturated rings. The minimum atomic E-state index is -4.50. The Bertz CT molecular complexity index is 853. The third-order valence-electron chi connectivity index (χ3n) is 3.49. The molecule has 1 aromatic heterocycles. The Morgan fingerprint density at radius 3 is 2.41 bits per heavy atom. The van der Waals surface area contributed by atoms with Crippen molar-refractivity contribution >= 4 is 10.9 Å². The fourth-order valence-corrected chi connectivity index (χ4v) is 2.48. The quantitative estimate of drug-likeness (QED) is 0.551. The van der Waals surface area contributed by atoms with Gasteiger partial charge in [-0.15, -0.1) is 0 Å². The van der Waals surface area contributed by atoms with Crippen LogP contribution in [-0.2, 0) is 6.18 Å². The summed E-state index contributed by atoms with van der Waals surface area (Å²) >= 11 is 0. The minimum Gasteiger partial charge on any atom is -0.256 e. The lowest BCUT2D eigenvalue weighted by molar-refractivity contribution is -0.136. The van der Waals surface area contributed by atoms with E-state index in [0.717, 1.165) is 11.6 Å². The molecular weight excluding hydrogens is 294 g/mol. The van der Waals surface area contributed by atoms with Gasteiger partial charge in [0, 0.05) is 17.1 Å². The number of aryl methyl sites for hydroxylation is 1. The van der Waals surface area contributed by atoms with Gasteiger partial charge in [0.15, 0.2) is 0 Å². The molecule has 0 bridgehead atoms. The van der Waals surface area contributed by atoms with E-state index in [1.165, 1.54) is 30.5 Å². The summed E-state index contributed by atoms with van der Waals surface area (Å²) in [4.78, 5) is 3.84. The first-order valence-corrected chi connectivity index (χ1v) is 6.59. The molecule has 0 N–H and O–H groups in total. The fraction of sp³-hybridized carbons (Fsp3) is 0.118. The molecule has 0 aliphatic rings. The summed E-state index contributed by atoms with van der Waals surface area (Å²) in [5.41, 5.74) is 0.411. The molecule has 0 aliphatic heterocycles. The molecule has 112 valence electrons. The Hall–Kier alpha value is -2.43. The average Bonchev–Trinajstić information content (AvgIpc) is 2.45. The number of hydrogen-bond acceptors (Lipinski definition) is 1. The second-order valence-electron chi connectivity index (χ2n) is 5.04. The van der Waals surface area contributed by atoms with Crippen molar-refractivity contribution in [3.05, 3.63) is 65.6 Å². The molecule has 0 saturated carbocycles. The van der Waals surface area contributed by atoms with Gasteiger partial charge in [-0.05, 0) is 36.2 Å². The van der Waals surface area contributed by atoms with E-state index in [4.69, 9.17) is 0 Å². The van der Waals surface area contributed by atoms with Gasteiger partial charge < -0.3 is 0 Å². The molecule has 3 aromatic rings. The van der Waals surface area contributed by atoms with Crippen LogP contribution in [0, 0.1) is 12.7 Å². The van der Waals surface area contributed by atoms with Crippen LogP contribution in [0.25, 0.3) is 22.0 Å². The predicted molar refractivity (Wildman–Crippen MR) is 76.9 cm³/mol. The SMILES string of the molecule is Cc1ccc(-c2ccnc3c(C(F)(F)F)cccc23)c(F)c1. The van der Waals surface area contributed by atoms with Crippen molar-refractivity contribution in [1.29, 1.82) is 0 Å². The smallest absolute Gasteiger partial charge is 0.256 e. The van der Waals surface area contributed by atoms with Gasteiger partial charge in [0.1, 0.15) is 5.82 Å². The lowest BCUT2D eigenvalue weighted by Crippen LogP contribution is -2.06. The molecular formula is C17H11F4N. The molecule has 0 radical (unpaired) electrons. The molecule has 1 nitrogen and oxygen atoms in total. The summed E-state index contributed by atoms with van der Waals surface area (Å²) in [7, 11) is 0. The lowest BCUT2D eigenvalue weighted by Gasteiger charge is -2.12. The van der Waals surface area contributed by atoms with E-state index < -0.39 is 17.6 Å². The van der Waals surface area contributed by atoms with E-state index in [0.29, 0.717) is 5.56 Å². The van der Waals surface area contributed by atoms with Crippen LogP contribution in [0.1, 0.15) is 11.1 Å². The number of alkyl halides is 3. The molecule has 1 heterocycles. The zero-order chi connectivity index (χ0) is 15.9. The van der Waals surface area contributed by atoms with E-state index in [1.807, 2.05) is 0 Å². The molecule has 0 atom stereocenters. The monoisotopic (exact) mass is 305 g/mol. The highest BCUT2D eigenvalue weighted by Crippen LogP contribution is 2.37. The van der Waals surface area contributed by atoms with Gasteiger partial charge >= 0.3 is 6.18 Å². The van der Waals surface area contributed by atoms with Crippen molar-refractivity contribution in [2.45, 2.75) is 13.1 Å². The maximum absolute atomic E-state index is 14.2. The number of aromatic nitrogens is 1. The van der Waals surface area contributed by atoms with Crippen LogP contribution in [0.5, 0.6) is 0 Å². The summed E-state index contributed by atoms with van der Waals surface area (Å²) in [6.07, 6.45) is -3.23. The Kier molecular flexibility index (Phi) is 3.35. The summed E-state index contributed by atoms with van der Waals surface area (Å²) in [5, 5.41) is 0.278. The maximum atomic E-state index is 14.2. The molecule has 0 saturated heterocycles. The van der Waals surface area contributed by atoms with Crippen LogP contribution < -0.4 is 0 Å². The minimum absolute atomic E-state index is 0.174. The van der Waals surface area contributed by atoms with Gasteiger partial charge in [0.25, 0.3) is 0 Å². The number of benzene rings is 2. The van der Waals surface area contributed by atoms with Crippen LogP contribution >= 0.6 is 0 Å². The van der Waals surface area contributed by atoms with Gasteiger partial charge in [0.05, 0.1) is 11.1 Å². The molecule has 22 heavy (non-hydrogen) atoms. The van der Waals surface area contributed by atoms with Gasteiger partial charge in [0.2, 0.25) is 0 Å². The van der Waals surface area contributed by atoms with E-state index >= 15 is 0 Å². The first kappa shape index (κ1) is 14.5. The van der Waals surface area contributed by atoms with Crippen LogP contribution in [0.3, 0.4) is 0 Å². The van der Waals surface area contributed by atoms with Crippen molar-refractivity contribution in [3.63, 3.8) is 0 Å². The number of halogens is 4. The van der Waals surface area contributed by atoms with Crippen molar-refractivity contribution in [2.75, 3.05) is 0 Å². The standard InChI is InChI=1S/C17H11F4N/c1-10-5-6-12(15(18)9-10)11-7-8-22-16-13(11)3-2-4-14(16)17(19,20)21/h2-9H,1H3. The molecule has 0 amide bonds. The molecule has 0 aliphatic carbocycles. The highest BCUT2D eigenvalue weighted by molar-refractivity contribution is 5.96. The van der Waals surface area contributed by atoms with Gasteiger partial charge in [-0.2, -0.15) is 13.2 Å². The predicted octanol–water partition coefficient (Wildman–Crippen LogP) is 5.37. The Morgan fingerprint density at radius 2 is 1.73 bits per heavy atom. The van der Waals surface area contributed by atoms with Crippen molar-refractivity contribution in [2.24, 2.45) is 0 Å². The van der Waals surface area contributed by atoms with Crippen LogP contribution in [0.15, 0.2) is 48.7 Å². The Morgan fingerprint density at radius 1 is 0.955 bits per heavy atom. The first-order valence-electron chi connectivity index (χ1n) is 6.59. The van der Waals surface area contributed by atoms with Crippen LogP contribution in [0.4, 0.5) is 17.6 Å². The molecule has 3 rings (SSSR count). The second-order valence-corrected chi connectivity index (χ2v) is 5.04. The summed E-state index contributed by atoms with van der Waals surface area (Å²) in [6, 6.07) is 9.97. The summed E-state index contributed by atoms with van der Waals surface area (Å²) < 4.78 is 53.4. The zero-order valence-electron chi connectivity index (χ0n) is 11.6. The number of hydrogen-bond donors (Lipinski definition) is 0. The van der Waals surface area contributed by atoms with E-state index in [2.05, 4.69) is 4.98 Å². The van der Waals surface area contributed by atoms with Crippen molar-refractivity contribution in [3.8, 4) is 11.1 Å². The maximum Gasteiger partial charge on any atom is 0.418 e. The average molecular weight is 305 g/mol. The van der Waals surface area contributed by atoms with Crippen molar-refractivity contribution in [1.82, 2.24) is 4.98 Å². The largest absolute Gasteiger partial charge is 0.418 e. The highest BCUT2D eigenvalue weighted by Gasteiger charge is 2.33. The second kappa shape index (κ2) is 5.09. The normalized spacial score (nSPS) is 11.9. The number of para-hydroxylation sites is 1. The summed E-state index contributed by atoms with van der Waals surface area (Å²) in [5.74, 6) is -0.468. The molecule has 0 spiro atoms. The number of rotatable bonds is 1. The third-order valence-corrected chi connectivity index (χ3v) is 3.49. The van der Waals surface area contributed by atoms with Crippen LogP contribution in [0.2, 0.25) is 0 Å². The molecule has 5 heteroatoms. The van der Waals surface area contributed by atoms with E-state index in [9.17, 15) is 17.6 Å². The molecule has 0 unspecified atom stereocenters. The highest BCUT2D eigenvalue weighted by atomic mass is 19.4. The molecule has 2 aromatic carbocycles. The number of nitrogens with zero attached hydrogens (tertiary/aromatic N) is 1. The third kappa shape index (κ3) is 2.43. The summed E-state index contributed by atoms with van der Waals surface area (Å²) in [6.45, 7) is 1.75. The van der Waals surface area contributed by atoms with E-state index in [-0.39, 0.29) is 16.5 Å². The van der Waals surface area contributed by atoms with Crippen molar-refractivity contribution < 1.29 is 17.6 Å². The van der Waals surface area contributed by atoms with Crippen LogP contribution in [-0.4, -0.2) is 4.98 Å². The fourth-order valence-electron chi connectivity index (χ4n) is 2.48. The number of pyridine rings is 1. The first-order chi connectivity index (χ1) is 10.4. The van der Waals surface area contributed by atoms with Gasteiger partial charge in [-0.1, -0.05) is 24.3 Å². The van der Waals surface area contributed by atoms with E-state index in [1.54, 1.807) is 19.1 Å². The lowest BCUT2D eigenvalue weighted by atomic mass is 9.98. The zero-order valence-corrected chi connectivity index (χ0v) is 11.6.